The minimum absolute atomic E-state index is 0.00921. The largest absolute Gasteiger partial charge is 0.352 e. The van der Waals surface area contributed by atoms with Gasteiger partial charge >= 0.3 is 0 Å². The smallest absolute Gasteiger partial charge is 0.274 e. The molecule has 1 aromatic carbocycles. The zero-order chi connectivity index (χ0) is 13.7. The van der Waals surface area contributed by atoms with E-state index in [9.17, 15) is 14.9 Å². The fourth-order valence-electron chi connectivity index (χ4n) is 2.58. The molecule has 1 amide bonds. The number of benzene rings is 1. The minimum atomic E-state index is -0.418. The van der Waals surface area contributed by atoms with E-state index in [0.717, 1.165) is 12.8 Å². The van der Waals surface area contributed by atoms with Gasteiger partial charge in [-0.15, -0.1) is 0 Å². The van der Waals surface area contributed by atoms with Gasteiger partial charge in [-0.05, 0) is 18.8 Å². The van der Waals surface area contributed by atoms with Crippen molar-refractivity contribution in [3.63, 3.8) is 0 Å². The third-order valence-electron chi connectivity index (χ3n) is 3.61. The molecule has 1 fully saturated rings. The molecule has 5 nitrogen and oxygen atoms in total. The number of hydrogen-bond donors (Lipinski definition) is 1. The lowest BCUT2D eigenvalue weighted by Crippen LogP contribution is -2.24. The molecule has 19 heavy (non-hydrogen) atoms. The van der Waals surface area contributed by atoms with Crippen LogP contribution in [-0.2, 0) is 11.3 Å². The Balaban J connectivity index is 1.87. The lowest BCUT2D eigenvalue weighted by molar-refractivity contribution is -0.385. The summed E-state index contributed by atoms with van der Waals surface area (Å²) in [5.74, 6) is 0.482. The Morgan fingerprint density at radius 3 is 2.68 bits per heavy atom. The SMILES string of the molecule is O=C(CC1CCCC1)NCc1ccccc1[N+](=O)[O-]. The lowest BCUT2D eigenvalue weighted by Gasteiger charge is -2.09. The van der Waals surface area contributed by atoms with Gasteiger partial charge in [-0.2, -0.15) is 0 Å². The van der Waals surface area contributed by atoms with E-state index in [-0.39, 0.29) is 18.1 Å². The highest BCUT2D eigenvalue weighted by Crippen LogP contribution is 2.27. The fraction of sp³-hybridized carbons (Fsp3) is 0.500. The van der Waals surface area contributed by atoms with Crippen LogP contribution in [0, 0.1) is 16.0 Å². The van der Waals surface area contributed by atoms with Gasteiger partial charge in [-0.1, -0.05) is 31.0 Å². The standard InChI is InChI=1S/C14H18N2O3/c17-14(9-11-5-1-2-6-11)15-10-12-7-3-4-8-13(12)16(18)19/h3-4,7-8,11H,1-2,5-6,9-10H2,(H,15,17). The Morgan fingerprint density at radius 1 is 1.32 bits per heavy atom. The number of nitrogens with one attached hydrogen (secondary N) is 1. The number of rotatable bonds is 5. The van der Waals surface area contributed by atoms with Crippen molar-refractivity contribution >= 4 is 11.6 Å². The van der Waals surface area contributed by atoms with E-state index >= 15 is 0 Å². The third-order valence-corrected chi connectivity index (χ3v) is 3.61. The summed E-state index contributed by atoms with van der Waals surface area (Å²) in [4.78, 5) is 22.2. The third kappa shape index (κ3) is 3.77. The summed E-state index contributed by atoms with van der Waals surface area (Å²) in [6.45, 7) is 0.225. The van der Waals surface area contributed by atoms with Gasteiger partial charge < -0.3 is 5.32 Å². The van der Waals surface area contributed by atoms with Crippen LogP contribution in [0.4, 0.5) is 5.69 Å². The maximum Gasteiger partial charge on any atom is 0.274 e. The second kappa shape index (κ2) is 6.31. The zero-order valence-electron chi connectivity index (χ0n) is 10.8. The quantitative estimate of drug-likeness (QED) is 0.655. The van der Waals surface area contributed by atoms with Crippen LogP contribution < -0.4 is 5.32 Å². The molecule has 0 heterocycles. The molecule has 0 radical (unpaired) electrons. The summed E-state index contributed by atoms with van der Waals surface area (Å²) in [5.41, 5.74) is 0.607. The number of hydrogen-bond acceptors (Lipinski definition) is 3. The van der Waals surface area contributed by atoms with Gasteiger partial charge in [0.25, 0.3) is 5.69 Å². The average molecular weight is 262 g/mol. The summed E-state index contributed by atoms with van der Waals surface area (Å²) in [6.07, 6.45) is 5.21. The molecule has 1 aliphatic carbocycles. The molecule has 1 saturated carbocycles. The first-order valence-electron chi connectivity index (χ1n) is 6.66. The van der Waals surface area contributed by atoms with Crippen LogP contribution in [0.3, 0.4) is 0 Å². The van der Waals surface area contributed by atoms with E-state index in [1.807, 2.05) is 0 Å². The zero-order valence-corrected chi connectivity index (χ0v) is 10.8. The van der Waals surface area contributed by atoms with Crippen molar-refractivity contribution in [3.8, 4) is 0 Å². The summed E-state index contributed by atoms with van der Waals surface area (Å²) in [6, 6.07) is 6.50. The highest BCUT2D eigenvalue weighted by atomic mass is 16.6. The van der Waals surface area contributed by atoms with Gasteiger partial charge in [0, 0.05) is 24.6 Å². The molecular weight excluding hydrogens is 244 g/mol. The topological polar surface area (TPSA) is 72.2 Å². The molecule has 0 aliphatic heterocycles. The lowest BCUT2D eigenvalue weighted by atomic mass is 10.0. The first-order valence-corrected chi connectivity index (χ1v) is 6.66. The van der Waals surface area contributed by atoms with E-state index in [1.54, 1.807) is 18.2 Å². The number of nitro benzene ring substituents is 1. The van der Waals surface area contributed by atoms with E-state index in [2.05, 4.69) is 5.32 Å². The first-order chi connectivity index (χ1) is 9.16. The molecule has 0 unspecified atom stereocenters. The van der Waals surface area contributed by atoms with Gasteiger partial charge in [0.2, 0.25) is 5.91 Å². The Labute approximate surface area is 112 Å². The molecule has 5 heteroatoms. The van der Waals surface area contributed by atoms with Crippen molar-refractivity contribution in [3.05, 3.63) is 39.9 Å². The average Bonchev–Trinajstić information content (AvgIpc) is 2.89. The van der Waals surface area contributed by atoms with Gasteiger partial charge in [0.1, 0.15) is 0 Å². The molecule has 2 rings (SSSR count). The molecule has 0 atom stereocenters. The molecule has 102 valence electrons. The monoisotopic (exact) mass is 262 g/mol. The van der Waals surface area contributed by atoms with Crippen molar-refractivity contribution in [2.24, 2.45) is 5.92 Å². The number of carbonyl (C=O) groups is 1. The number of nitro groups is 1. The minimum Gasteiger partial charge on any atom is -0.352 e. The summed E-state index contributed by atoms with van der Waals surface area (Å²) >= 11 is 0. The summed E-state index contributed by atoms with van der Waals surface area (Å²) in [5, 5.41) is 13.6. The molecule has 0 saturated heterocycles. The highest BCUT2D eigenvalue weighted by Gasteiger charge is 2.19. The van der Waals surface area contributed by atoms with E-state index in [1.165, 1.54) is 18.9 Å². The summed E-state index contributed by atoms with van der Waals surface area (Å²) in [7, 11) is 0. The Hall–Kier alpha value is -1.91. The van der Waals surface area contributed by atoms with Crippen molar-refractivity contribution in [2.45, 2.75) is 38.6 Å². The second-order valence-corrected chi connectivity index (χ2v) is 5.02. The van der Waals surface area contributed by atoms with Crippen LogP contribution in [0.5, 0.6) is 0 Å². The predicted molar refractivity (Wildman–Crippen MR) is 71.5 cm³/mol. The molecule has 0 bridgehead atoms. The van der Waals surface area contributed by atoms with Gasteiger partial charge in [0.15, 0.2) is 0 Å². The van der Waals surface area contributed by atoms with Crippen LogP contribution in [0.2, 0.25) is 0 Å². The van der Waals surface area contributed by atoms with Crippen molar-refractivity contribution in [2.75, 3.05) is 0 Å². The number of amides is 1. The first kappa shape index (κ1) is 13.5. The molecule has 1 N–H and O–H groups in total. The molecular formula is C14H18N2O3. The Bertz CT molecular complexity index is 468. The number of nitrogens with zero attached hydrogens (tertiary/aromatic N) is 1. The molecule has 1 aliphatic rings. The Morgan fingerprint density at radius 2 is 2.00 bits per heavy atom. The van der Waals surface area contributed by atoms with Crippen molar-refractivity contribution in [1.82, 2.24) is 5.32 Å². The molecule has 1 aromatic rings. The van der Waals surface area contributed by atoms with Crippen molar-refractivity contribution in [1.29, 1.82) is 0 Å². The number of carbonyl (C=O) groups excluding carboxylic acids is 1. The highest BCUT2D eigenvalue weighted by molar-refractivity contribution is 5.76. The van der Waals surface area contributed by atoms with Crippen LogP contribution >= 0.6 is 0 Å². The van der Waals surface area contributed by atoms with E-state index < -0.39 is 4.92 Å². The molecule has 0 spiro atoms. The predicted octanol–water partition coefficient (Wildman–Crippen LogP) is 2.79. The number of para-hydroxylation sites is 1. The maximum absolute atomic E-state index is 11.8. The van der Waals surface area contributed by atoms with E-state index in [4.69, 9.17) is 0 Å². The van der Waals surface area contributed by atoms with Crippen molar-refractivity contribution < 1.29 is 9.72 Å². The summed E-state index contributed by atoms with van der Waals surface area (Å²) < 4.78 is 0. The fourth-order valence-corrected chi connectivity index (χ4v) is 2.58. The van der Waals surface area contributed by atoms with Crippen LogP contribution in [0.1, 0.15) is 37.7 Å². The van der Waals surface area contributed by atoms with Crippen LogP contribution in [0.25, 0.3) is 0 Å². The normalized spacial score (nSPS) is 15.4. The Kier molecular flexibility index (Phi) is 4.49. The van der Waals surface area contributed by atoms with Gasteiger partial charge in [0.05, 0.1) is 4.92 Å². The van der Waals surface area contributed by atoms with E-state index in [0.29, 0.717) is 17.9 Å². The second-order valence-electron chi connectivity index (χ2n) is 5.02. The molecule has 0 aromatic heterocycles. The van der Waals surface area contributed by atoms with Crippen LogP contribution in [-0.4, -0.2) is 10.8 Å². The maximum atomic E-state index is 11.8. The van der Waals surface area contributed by atoms with Gasteiger partial charge in [-0.3, -0.25) is 14.9 Å². The van der Waals surface area contributed by atoms with Crippen LogP contribution in [0.15, 0.2) is 24.3 Å². The van der Waals surface area contributed by atoms with Gasteiger partial charge in [-0.25, -0.2) is 0 Å².